The minimum absolute atomic E-state index is 0.131. The Morgan fingerprint density at radius 3 is 2.35 bits per heavy atom. The van der Waals surface area contributed by atoms with Crippen molar-refractivity contribution in [3.8, 4) is 5.75 Å². The molecule has 0 aliphatic rings. The van der Waals surface area contributed by atoms with Crippen molar-refractivity contribution in [2.24, 2.45) is 0 Å². The summed E-state index contributed by atoms with van der Waals surface area (Å²) in [6, 6.07) is 13.9. The van der Waals surface area contributed by atoms with Crippen molar-refractivity contribution >= 4 is 27.4 Å². The highest BCUT2D eigenvalue weighted by molar-refractivity contribution is 7.90. The molecule has 0 spiro atoms. The van der Waals surface area contributed by atoms with Crippen molar-refractivity contribution in [3.63, 3.8) is 0 Å². The van der Waals surface area contributed by atoms with Crippen LogP contribution in [0.25, 0.3) is 0 Å². The number of hydrogen-bond donors (Lipinski definition) is 1. The third-order valence-corrected chi connectivity index (χ3v) is 7.70. The summed E-state index contributed by atoms with van der Waals surface area (Å²) in [5, 5.41) is 8.68. The maximum Gasteiger partial charge on any atom is 0.417 e. The molecule has 3 rings (SSSR count). The first-order valence-electron chi connectivity index (χ1n) is 12.2. The second-order valence-corrected chi connectivity index (χ2v) is 11.6. The number of alkyl halides is 3. The number of halogens is 5. The smallest absolute Gasteiger partial charge is 0.417 e. The zero-order valence-electron chi connectivity index (χ0n) is 21.5. The number of benzene rings is 3. The minimum atomic E-state index is -4.59. The molecular formula is C28H28ClF4NO5S. The molecule has 40 heavy (non-hydrogen) atoms. The standard InChI is InChI=1S/C28H28ClF4NO5S/c1-40(37,38)25-17-23(11-8-20(25)16-26(35)36)39-15-3-13-34(14-12-19-6-9-22(30)10-7-19)18-21-4-2-5-24(27(21)29)28(31,32)33/h2,4-11,17H,3,12-16,18H2,1H3,(H,35,36). The highest BCUT2D eigenvalue weighted by atomic mass is 35.5. The van der Waals surface area contributed by atoms with E-state index in [1.807, 2.05) is 4.90 Å². The quantitative estimate of drug-likeness (QED) is 0.190. The average molecular weight is 602 g/mol. The van der Waals surface area contributed by atoms with Gasteiger partial charge in [0, 0.05) is 25.9 Å². The molecular weight excluding hydrogens is 574 g/mol. The molecule has 0 radical (unpaired) electrons. The van der Waals surface area contributed by atoms with Crippen molar-refractivity contribution in [3.05, 3.63) is 93.8 Å². The van der Waals surface area contributed by atoms with E-state index in [4.69, 9.17) is 21.4 Å². The van der Waals surface area contributed by atoms with Crippen LogP contribution in [0, 0.1) is 5.82 Å². The molecule has 0 aromatic heterocycles. The van der Waals surface area contributed by atoms with E-state index in [2.05, 4.69) is 0 Å². The van der Waals surface area contributed by atoms with Gasteiger partial charge >= 0.3 is 12.1 Å². The Balaban J connectivity index is 1.70. The van der Waals surface area contributed by atoms with Crippen LogP contribution in [0.2, 0.25) is 5.02 Å². The second-order valence-electron chi connectivity index (χ2n) is 9.24. The van der Waals surface area contributed by atoms with Gasteiger partial charge in [-0.25, -0.2) is 12.8 Å². The molecule has 0 bridgehead atoms. The van der Waals surface area contributed by atoms with E-state index in [0.717, 1.165) is 17.9 Å². The van der Waals surface area contributed by atoms with Gasteiger partial charge in [-0.2, -0.15) is 13.2 Å². The Morgan fingerprint density at radius 1 is 1.02 bits per heavy atom. The first-order chi connectivity index (χ1) is 18.7. The fourth-order valence-corrected chi connectivity index (χ4v) is 5.37. The van der Waals surface area contributed by atoms with Gasteiger partial charge in [-0.1, -0.05) is 41.9 Å². The number of carbonyl (C=O) groups is 1. The molecule has 0 saturated carbocycles. The van der Waals surface area contributed by atoms with Crippen LogP contribution in [0.3, 0.4) is 0 Å². The lowest BCUT2D eigenvalue weighted by Gasteiger charge is -2.24. The molecule has 0 heterocycles. The van der Waals surface area contributed by atoms with Crippen LogP contribution in [0.4, 0.5) is 17.6 Å². The molecule has 0 amide bonds. The number of rotatable bonds is 13. The fourth-order valence-electron chi connectivity index (χ4n) is 4.13. The maximum absolute atomic E-state index is 13.4. The summed E-state index contributed by atoms with van der Waals surface area (Å²) in [6.45, 7) is 1.14. The zero-order chi connectivity index (χ0) is 29.5. The van der Waals surface area contributed by atoms with Gasteiger partial charge in [0.2, 0.25) is 0 Å². The first kappa shape index (κ1) is 31.4. The lowest BCUT2D eigenvalue weighted by atomic mass is 10.1. The van der Waals surface area contributed by atoms with Gasteiger partial charge in [-0.15, -0.1) is 0 Å². The summed E-state index contributed by atoms with van der Waals surface area (Å²) in [5.41, 5.74) is 0.393. The van der Waals surface area contributed by atoms with Crippen LogP contribution >= 0.6 is 11.6 Å². The molecule has 1 N–H and O–H groups in total. The van der Waals surface area contributed by atoms with Crippen LogP contribution in [0.15, 0.2) is 65.6 Å². The van der Waals surface area contributed by atoms with E-state index in [0.29, 0.717) is 31.5 Å². The van der Waals surface area contributed by atoms with E-state index >= 15 is 0 Å². The summed E-state index contributed by atoms with van der Waals surface area (Å²) in [6.07, 6.45) is -3.12. The van der Waals surface area contributed by atoms with Gasteiger partial charge in [0.05, 0.1) is 28.5 Å². The predicted molar refractivity (Wildman–Crippen MR) is 143 cm³/mol. The summed E-state index contributed by atoms with van der Waals surface area (Å²) in [5.74, 6) is -1.29. The third-order valence-electron chi connectivity index (χ3n) is 6.08. The molecule has 216 valence electrons. The van der Waals surface area contributed by atoms with Crippen molar-refractivity contribution in [2.75, 3.05) is 26.0 Å². The van der Waals surface area contributed by atoms with Crippen LogP contribution in [-0.2, 0) is 40.2 Å². The number of ether oxygens (including phenoxy) is 1. The highest BCUT2D eigenvalue weighted by Crippen LogP contribution is 2.36. The molecule has 0 aliphatic heterocycles. The topological polar surface area (TPSA) is 83.9 Å². The minimum Gasteiger partial charge on any atom is -0.494 e. The first-order valence-corrected chi connectivity index (χ1v) is 14.5. The van der Waals surface area contributed by atoms with Crippen LogP contribution in [0.5, 0.6) is 5.75 Å². The summed E-state index contributed by atoms with van der Waals surface area (Å²) in [7, 11) is -3.70. The van der Waals surface area contributed by atoms with E-state index in [1.165, 1.54) is 42.5 Å². The van der Waals surface area contributed by atoms with Crippen molar-refractivity contribution in [1.82, 2.24) is 4.90 Å². The molecule has 3 aromatic rings. The summed E-state index contributed by atoms with van der Waals surface area (Å²) >= 11 is 6.11. The Kier molecular flexibility index (Phi) is 10.6. The molecule has 3 aromatic carbocycles. The van der Waals surface area contributed by atoms with Crippen LogP contribution in [-0.4, -0.2) is 50.3 Å². The van der Waals surface area contributed by atoms with E-state index < -0.39 is 34.0 Å². The molecule has 0 fully saturated rings. The van der Waals surface area contributed by atoms with Crippen molar-refractivity contribution in [1.29, 1.82) is 0 Å². The Hall–Kier alpha value is -3.15. The predicted octanol–water partition coefficient (Wildman–Crippen LogP) is 6.04. The summed E-state index contributed by atoms with van der Waals surface area (Å²) < 4.78 is 83.3. The largest absolute Gasteiger partial charge is 0.494 e. The number of aliphatic carboxylic acids is 1. The SMILES string of the molecule is CS(=O)(=O)c1cc(OCCCN(CCc2ccc(F)cc2)Cc2cccc(C(F)(F)F)c2Cl)ccc1CC(=O)O. The van der Waals surface area contributed by atoms with Crippen molar-refractivity contribution in [2.45, 2.75) is 36.9 Å². The number of nitrogens with zero attached hydrogens (tertiary/aromatic N) is 1. The molecule has 6 nitrogen and oxygen atoms in total. The maximum atomic E-state index is 13.4. The summed E-state index contributed by atoms with van der Waals surface area (Å²) in [4.78, 5) is 12.9. The van der Waals surface area contributed by atoms with Gasteiger partial charge in [0.1, 0.15) is 11.6 Å². The van der Waals surface area contributed by atoms with Gasteiger partial charge in [-0.3, -0.25) is 9.69 Å². The van der Waals surface area contributed by atoms with Gasteiger partial charge in [0.25, 0.3) is 0 Å². The lowest BCUT2D eigenvalue weighted by molar-refractivity contribution is -0.138. The Labute approximate surface area is 235 Å². The fraction of sp³-hybridized carbons (Fsp3) is 0.321. The number of carboxylic acids is 1. The molecule has 0 atom stereocenters. The van der Waals surface area contributed by atoms with E-state index in [-0.39, 0.29) is 40.2 Å². The number of hydrogen-bond acceptors (Lipinski definition) is 5. The molecule has 12 heteroatoms. The Bertz CT molecular complexity index is 1430. The normalized spacial score (nSPS) is 12.1. The third kappa shape index (κ3) is 9.21. The number of carboxylic acid groups (broad SMARTS) is 1. The molecule has 0 saturated heterocycles. The lowest BCUT2D eigenvalue weighted by Crippen LogP contribution is -2.28. The van der Waals surface area contributed by atoms with Crippen LogP contribution in [0.1, 0.15) is 28.7 Å². The number of sulfone groups is 1. The van der Waals surface area contributed by atoms with E-state index in [9.17, 15) is 30.8 Å². The zero-order valence-corrected chi connectivity index (χ0v) is 23.1. The van der Waals surface area contributed by atoms with E-state index in [1.54, 1.807) is 12.1 Å². The van der Waals surface area contributed by atoms with Crippen molar-refractivity contribution < 1.29 is 40.6 Å². The Morgan fingerprint density at radius 2 is 1.73 bits per heavy atom. The van der Waals surface area contributed by atoms with Crippen LogP contribution < -0.4 is 4.74 Å². The van der Waals surface area contributed by atoms with Gasteiger partial charge < -0.3 is 9.84 Å². The second kappa shape index (κ2) is 13.5. The van der Waals surface area contributed by atoms with Gasteiger partial charge in [-0.05, 0) is 59.9 Å². The van der Waals surface area contributed by atoms with Gasteiger partial charge in [0.15, 0.2) is 9.84 Å². The average Bonchev–Trinajstić information content (AvgIpc) is 2.86. The monoisotopic (exact) mass is 601 g/mol. The highest BCUT2D eigenvalue weighted by Gasteiger charge is 2.34. The molecule has 0 aliphatic carbocycles. The molecule has 0 unspecified atom stereocenters.